The van der Waals surface area contributed by atoms with Crippen LogP contribution in [0, 0.1) is 11.3 Å². The Morgan fingerprint density at radius 3 is 2.50 bits per heavy atom. The molecule has 2 aliphatic rings. The fraction of sp³-hybridized carbons (Fsp3) is 0.568. The van der Waals surface area contributed by atoms with Gasteiger partial charge in [0.2, 0.25) is 0 Å². The molecule has 50 heavy (non-hydrogen) atoms. The van der Waals surface area contributed by atoms with Gasteiger partial charge in [-0.3, -0.25) is 4.79 Å². The van der Waals surface area contributed by atoms with E-state index in [-0.39, 0.29) is 12.1 Å². The van der Waals surface area contributed by atoms with Gasteiger partial charge in [0.05, 0.1) is 17.8 Å². The van der Waals surface area contributed by atoms with Gasteiger partial charge in [-0.05, 0) is 94.0 Å². The smallest absolute Gasteiger partial charge is 0.262 e. The molecule has 0 radical (unpaired) electrons. The van der Waals surface area contributed by atoms with E-state index < -0.39 is 47.8 Å². The number of amides is 1. The molecule has 4 N–H and O–H groups in total. The molecule has 0 saturated carbocycles. The number of aromatic nitrogens is 3. The number of aliphatic hydroxyl groups is 3. The molecule has 0 bridgehead atoms. The fourth-order valence-electron chi connectivity index (χ4n) is 6.47. The molecule has 3 aromatic rings. The van der Waals surface area contributed by atoms with Crippen LogP contribution in [-0.2, 0) is 32.0 Å². The summed E-state index contributed by atoms with van der Waals surface area (Å²) >= 11 is 0. The number of piperidine rings is 1. The predicted octanol–water partition coefficient (Wildman–Crippen LogP) is 3.11. The lowest BCUT2D eigenvalue weighted by atomic mass is 9.98. The van der Waals surface area contributed by atoms with E-state index in [9.17, 15) is 25.4 Å². The van der Waals surface area contributed by atoms with Crippen LogP contribution < -0.4 is 10.2 Å². The average molecular weight is 691 g/mol. The van der Waals surface area contributed by atoms with Crippen molar-refractivity contribution in [1.29, 1.82) is 5.26 Å². The van der Waals surface area contributed by atoms with E-state index in [1.807, 2.05) is 45.9 Å². The molecule has 5 rings (SSSR count). The largest absolute Gasteiger partial charge is 0.388 e. The van der Waals surface area contributed by atoms with Gasteiger partial charge in [0.1, 0.15) is 36.1 Å². The summed E-state index contributed by atoms with van der Waals surface area (Å²) in [6.45, 7) is 10.2. The summed E-state index contributed by atoms with van der Waals surface area (Å²) in [6.07, 6.45) is 1.93. The monoisotopic (exact) mass is 690 g/mol. The Kier molecular flexibility index (Phi) is 11.9. The quantitative estimate of drug-likeness (QED) is 0.153. The third-order valence-corrected chi connectivity index (χ3v) is 9.38. The number of methoxy groups -OCH3 is 1. The van der Waals surface area contributed by atoms with Crippen LogP contribution >= 0.6 is 0 Å². The molecule has 1 amide bonds. The highest BCUT2D eigenvalue weighted by Crippen LogP contribution is 2.27. The Balaban J connectivity index is 1.11. The lowest BCUT2D eigenvalue weighted by Crippen LogP contribution is -2.58. The van der Waals surface area contributed by atoms with Crippen molar-refractivity contribution >= 4 is 28.4 Å². The van der Waals surface area contributed by atoms with Crippen molar-refractivity contribution in [2.45, 2.75) is 108 Å². The molecule has 1 aromatic heterocycles. The Hall–Kier alpha value is -3.90. The van der Waals surface area contributed by atoms with Crippen LogP contribution in [0.25, 0.3) is 16.8 Å². The molecule has 2 aromatic carbocycles. The third kappa shape index (κ3) is 9.45. The number of hydrogen-bond acceptors (Lipinski definition) is 11. The number of rotatable bonds is 13. The molecule has 3 heterocycles. The lowest BCUT2D eigenvalue weighted by Gasteiger charge is -2.39. The number of fused-ring (bicyclic) bond motifs is 1. The first-order chi connectivity index (χ1) is 23.8. The number of aliphatic hydroxyl groups excluding tert-OH is 3. The van der Waals surface area contributed by atoms with Crippen molar-refractivity contribution in [2.75, 3.05) is 31.7 Å². The maximum atomic E-state index is 13.2. The molecule has 5 atom stereocenters. The SMILES string of the molecule is CO[C@H]1O[C@H](Cn2cc(CC(C)(C)OCCC(C)(C)NC(=O)/C(C#N)=C/c3ccc4cc(N5CCCCC5)ccc4c3)nn2)[C@@H](O)[C@H](O)[C@H]1O. The van der Waals surface area contributed by atoms with E-state index in [2.05, 4.69) is 44.8 Å². The van der Waals surface area contributed by atoms with Crippen molar-refractivity contribution < 1.29 is 34.3 Å². The molecule has 2 fully saturated rings. The number of carbonyl (C=O) groups excluding carboxylic acids is 1. The van der Waals surface area contributed by atoms with E-state index in [1.165, 1.54) is 36.7 Å². The number of carbonyl (C=O) groups is 1. The van der Waals surface area contributed by atoms with Crippen molar-refractivity contribution in [3.05, 3.63) is 59.4 Å². The van der Waals surface area contributed by atoms with Gasteiger partial charge in [0, 0.05) is 50.7 Å². The zero-order chi connectivity index (χ0) is 36.1. The zero-order valence-corrected chi connectivity index (χ0v) is 29.6. The zero-order valence-electron chi connectivity index (χ0n) is 29.6. The number of hydrogen-bond donors (Lipinski definition) is 4. The molecule has 13 nitrogen and oxygen atoms in total. The highest BCUT2D eigenvalue weighted by atomic mass is 16.7. The summed E-state index contributed by atoms with van der Waals surface area (Å²) < 4.78 is 18.4. The van der Waals surface area contributed by atoms with Crippen LogP contribution in [0.3, 0.4) is 0 Å². The van der Waals surface area contributed by atoms with E-state index in [0.717, 1.165) is 29.4 Å². The number of ether oxygens (including phenoxy) is 3. The number of nitrogens with one attached hydrogen (secondary N) is 1. The number of nitriles is 1. The van der Waals surface area contributed by atoms with E-state index in [0.29, 0.717) is 25.1 Å². The Bertz CT molecular complexity index is 1690. The summed E-state index contributed by atoms with van der Waals surface area (Å²) in [6, 6.07) is 14.5. The van der Waals surface area contributed by atoms with E-state index in [4.69, 9.17) is 14.2 Å². The molecule has 0 unspecified atom stereocenters. The second-order valence-corrected chi connectivity index (χ2v) is 14.6. The summed E-state index contributed by atoms with van der Waals surface area (Å²) in [5.74, 6) is -0.445. The van der Waals surface area contributed by atoms with Crippen molar-refractivity contribution in [3.8, 4) is 6.07 Å². The summed E-state index contributed by atoms with van der Waals surface area (Å²) in [4.78, 5) is 15.6. The second-order valence-electron chi connectivity index (χ2n) is 14.6. The second kappa shape index (κ2) is 16.0. The molecule has 0 spiro atoms. The number of anilines is 1. The molecule has 270 valence electrons. The fourth-order valence-corrected chi connectivity index (χ4v) is 6.47. The third-order valence-electron chi connectivity index (χ3n) is 9.38. The molecule has 13 heteroatoms. The van der Waals surface area contributed by atoms with E-state index >= 15 is 0 Å². The predicted molar refractivity (Wildman–Crippen MR) is 188 cm³/mol. The molecule has 2 saturated heterocycles. The van der Waals surface area contributed by atoms with Crippen LogP contribution in [0.2, 0.25) is 0 Å². The summed E-state index contributed by atoms with van der Waals surface area (Å²) in [7, 11) is 1.35. The van der Waals surface area contributed by atoms with Gasteiger partial charge in [-0.15, -0.1) is 5.10 Å². The maximum Gasteiger partial charge on any atom is 0.262 e. The molecular formula is C37H50N6O7. The Morgan fingerprint density at radius 1 is 1.06 bits per heavy atom. The molecule has 0 aliphatic carbocycles. The number of benzene rings is 2. The Labute approximate surface area is 293 Å². The molecular weight excluding hydrogens is 640 g/mol. The lowest BCUT2D eigenvalue weighted by molar-refractivity contribution is -0.292. The minimum absolute atomic E-state index is 0.0290. The first kappa shape index (κ1) is 37.4. The average Bonchev–Trinajstić information content (AvgIpc) is 3.52. The minimum atomic E-state index is -1.42. The van der Waals surface area contributed by atoms with Gasteiger partial charge in [-0.25, -0.2) is 4.68 Å². The number of nitrogens with zero attached hydrogens (tertiary/aromatic N) is 5. The van der Waals surface area contributed by atoms with Crippen LogP contribution in [0.1, 0.15) is 64.6 Å². The highest BCUT2D eigenvalue weighted by molar-refractivity contribution is 6.02. The van der Waals surface area contributed by atoms with Gasteiger partial charge in [-0.2, -0.15) is 5.26 Å². The van der Waals surface area contributed by atoms with Crippen molar-refractivity contribution in [3.63, 3.8) is 0 Å². The first-order valence-corrected chi connectivity index (χ1v) is 17.3. The van der Waals surface area contributed by atoms with Gasteiger partial charge < -0.3 is 39.7 Å². The topological polar surface area (TPSA) is 175 Å². The van der Waals surface area contributed by atoms with Crippen LogP contribution in [0.5, 0.6) is 0 Å². The summed E-state index contributed by atoms with van der Waals surface area (Å²) in [5.41, 5.74) is 1.42. The van der Waals surface area contributed by atoms with Crippen molar-refractivity contribution in [1.82, 2.24) is 20.3 Å². The van der Waals surface area contributed by atoms with Crippen molar-refractivity contribution in [2.24, 2.45) is 0 Å². The highest BCUT2D eigenvalue weighted by Gasteiger charge is 2.44. The standard InChI is InChI=1S/C37H50N6O7/c1-36(2,13-16-49-37(3,4)20-28-22-43(41-40-28)23-30-31(44)32(45)33(46)35(48-5)50-30)39-34(47)27(21-38)18-24-9-10-26-19-29(12-11-25(26)17-24)42-14-7-6-8-15-42/h9-12,17-19,22,30-33,35,44-46H,6-8,13-16,20,23H2,1-5H3,(H,39,47)/b27-18+/t30-,31-,32+,33-,35+/m1/s1. The van der Waals surface area contributed by atoms with Gasteiger partial charge in [0.15, 0.2) is 6.29 Å². The normalized spacial score (nSPS) is 23.5. The Morgan fingerprint density at radius 2 is 1.78 bits per heavy atom. The van der Waals surface area contributed by atoms with Crippen LogP contribution in [-0.4, -0.2) is 105 Å². The van der Waals surface area contributed by atoms with E-state index in [1.54, 1.807) is 12.3 Å². The van der Waals surface area contributed by atoms with Gasteiger partial charge in [0.25, 0.3) is 5.91 Å². The van der Waals surface area contributed by atoms with Gasteiger partial charge >= 0.3 is 0 Å². The first-order valence-electron chi connectivity index (χ1n) is 17.3. The maximum absolute atomic E-state index is 13.2. The van der Waals surface area contributed by atoms with Crippen LogP contribution in [0.15, 0.2) is 48.2 Å². The minimum Gasteiger partial charge on any atom is -0.388 e. The summed E-state index contributed by atoms with van der Waals surface area (Å²) in [5, 5.41) is 53.9. The van der Waals surface area contributed by atoms with Gasteiger partial charge in [-0.1, -0.05) is 23.4 Å². The van der Waals surface area contributed by atoms with Crippen LogP contribution in [0.4, 0.5) is 5.69 Å². The molecule has 2 aliphatic heterocycles.